The highest BCUT2D eigenvalue weighted by atomic mass is 35.5. The first kappa shape index (κ1) is 10.7. The van der Waals surface area contributed by atoms with Crippen molar-refractivity contribution in [3.05, 3.63) is 34.9 Å². The summed E-state index contributed by atoms with van der Waals surface area (Å²) in [6, 6.07) is 6.05. The fraction of sp³-hybridized carbons (Fsp3) is 0.143. The van der Waals surface area contributed by atoms with Crippen LogP contribution in [-0.2, 0) is 4.57 Å². The maximum absolute atomic E-state index is 10.8. The number of nitrogens with two attached hydrogens (primary N) is 1. The van der Waals surface area contributed by atoms with Crippen LogP contribution >= 0.6 is 19.2 Å². The van der Waals surface area contributed by atoms with Crippen LogP contribution in [0.25, 0.3) is 0 Å². The quantitative estimate of drug-likeness (QED) is 0.661. The Kier molecular flexibility index (Phi) is 3.11. The second-order valence-electron chi connectivity index (χ2n) is 2.59. The molecule has 4 N–H and O–H groups in total. The van der Waals surface area contributed by atoms with Crippen molar-refractivity contribution in [3.63, 3.8) is 0 Å². The van der Waals surface area contributed by atoms with Crippen molar-refractivity contribution < 1.29 is 14.4 Å². The molecule has 1 aromatic carbocycles. The van der Waals surface area contributed by atoms with Gasteiger partial charge in [0.05, 0.1) is 0 Å². The Morgan fingerprint density at radius 2 is 1.77 bits per heavy atom. The molecule has 1 atom stereocenters. The molecule has 0 fully saturated rings. The van der Waals surface area contributed by atoms with Crippen LogP contribution in [-0.4, -0.2) is 9.79 Å². The first-order chi connectivity index (χ1) is 5.91. The molecule has 72 valence electrons. The van der Waals surface area contributed by atoms with Crippen molar-refractivity contribution in [2.75, 3.05) is 0 Å². The first-order valence-electron chi connectivity index (χ1n) is 3.47. The lowest BCUT2D eigenvalue weighted by Crippen LogP contribution is -2.10. The van der Waals surface area contributed by atoms with Crippen LogP contribution in [0, 0.1) is 0 Å². The first-order valence-corrected chi connectivity index (χ1v) is 5.53. The van der Waals surface area contributed by atoms with Crippen LogP contribution in [0.4, 0.5) is 0 Å². The molecule has 0 saturated carbocycles. The van der Waals surface area contributed by atoms with E-state index in [4.69, 9.17) is 27.1 Å². The highest BCUT2D eigenvalue weighted by Gasteiger charge is 2.25. The Morgan fingerprint density at radius 1 is 1.31 bits per heavy atom. The molecule has 1 aromatic rings. The minimum absolute atomic E-state index is 0.373. The largest absolute Gasteiger partial charge is 0.346 e. The van der Waals surface area contributed by atoms with Gasteiger partial charge in [0.25, 0.3) is 0 Å². The SMILES string of the molecule is N[C@@H](c1ccc(Cl)cc1)P(=O)(O)O. The van der Waals surface area contributed by atoms with Gasteiger partial charge in [-0.3, -0.25) is 4.57 Å². The molecule has 0 bridgehead atoms. The van der Waals surface area contributed by atoms with E-state index in [1.807, 2.05) is 0 Å². The van der Waals surface area contributed by atoms with Gasteiger partial charge in [0.2, 0.25) is 0 Å². The van der Waals surface area contributed by atoms with E-state index in [9.17, 15) is 4.57 Å². The van der Waals surface area contributed by atoms with Gasteiger partial charge in [-0.25, -0.2) is 0 Å². The van der Waals surface area contributed by atoms with E-state index in [0.717, 1.165) is 0 Å². The molecule has 13 heavy (non-hydrogen) atoms. The van der Waals surface area contributed by atoms with E-state index in [2.05, 4.69) is 0 Å². The van der Waals surface area contributed by atoms with E-state index in [1.165, 1.54) is 24.3 Å². The third kappa shape index (κ3) is 2.79. The third-order valence-corrected chi connectivity index (χ3v) is 2.85. The average molecular weight is 222 g/mol. The Hall–Kier alpha value is -0.380. The van der Waals surface area contributed by atoms with Gasteiger partial charge in [0.1, 0.15) is 5.78 Å². The lowest BCUT2D eigenvalue weighted by Gasteiger charge is -2.13. The minimum Gasteiger partial charge on any atom is -0.323 e. The number of rotatable bonds is 2. The highest BCUT2D eigenvalue weighted by Crippen LogP contribution is 2.47. The average Bonchev–Trinajstić information content (AvgIpc) is 2.03. The molecule has 4 nitrogen and oxygen atoms in total. The molecule has 0 spiro atoms. The van der Waals surface area contributed by atoms with Crippen molar-refractivity contribution in [1.29, 1.82) is 0 Å². The molecule has 0 saturated heterocycles. The second kappa shape index (κ2) is 3.78. The molecule has 0 amide bonds. The Labute approximate surface area is 80.5 Å². The molecular weight excluding hydrogens is 213 g/mol. The molecule has 0 aliphatic heterocycles. The second-order valence-corrected chi connectivity index (χ2v) is 4.76. The van der Waals surface area contributed by atoms with E-state index in [0.29, 0.717) is 10.6 Å². The number of halogens is 1. The third-order valence-electron chi connectivity index (χ3n) is 1.57. The molecule has 0 aromatic heterocycles. The van der Waals surface area contributed by atoms with Crippen molar-refractivity contribution >= 4 is 19.2 Å². The summed E-state index contributed by atoms with van der Waals surface area (Å²) in [5, 5.41) is 0.502. The predicted octanol–water partition coefficient (Wildman–Crippen LogP) is 1.47. The van der Waals surface area contributed by atoms with Gasteiger partial charge >= 0.3 is 7.60 Å². The zero-order chi connectivity index (χ0) is 10.1. The standard InChI is InChI=1S/C7H9ClNO3P/c8-6-3-1-5(2-4-6)7(9)13(10,11)12/h1-4,7H,9H2,(H2,10,11,12)/t7-/m1/s1. The number of hydrogen-bond donors (Lipinski definition) is 3. The lowest BCUT2D eigenvalue weighted by molar-refractivity contribution is 0.359. The molecular formula is C7H9ClNO3P. The van der Waals surface area contributed by atoms with Crippen LogP contribution in [0.3, 0.4) is 0 Å². The van der Waals surface area contributed by atoms with E-state index in [-0.39, 0.29) is 0 Å². The molecule has 6 heteroatoms. The van der Waals surface area contributed by atoms with Crippen molar-refractivity contribution in [2.24, 2.45) is 5.73 Å². The van der Waals surface area contributed by atoms with Gasteiger partial charge in [-0.15, -0.1) is 0 Å². The highest BCUT2D eigenvalue weighted by molar-refractivity contribution is 7.52. The molecule has 1 rings (SSSR count). The van der Waals surface area contributed by atoms with Crippen molar-refractivity contribution in [1.82, 2.24) is 0 Å². The number of benzene rings is 1. The fourth-order valence-corrected chi connectivity index (χ4v) is 1.54. The van der Waals surface area contributed by atoms with Crippen molar-refractivity contribution in [3.8, 4) is 0 Å². The summed E-state index contributed by atoms with van der Waals surface area (Å²) in [6.07, 6.45) is 0. The minimum atomic E-state index is -4.26. The molecule has 0 radical (unpaired) electrons. The number of hydrogen-bond acceptors (Lipinski definition) is 2. The Balaban J connectivity index is 2.97. The maximum Gasteiger partial charge on any atom is 0.346 e. The van der Waals surface area contributed by atoms with Gasteiger partial charge in [-0.2, -0.15) is 0 Å². The normalized spacial score (nSPS) is 14.2. The predicted molar refractivity (Wildman–Crippen MR) is 50.4 cm³/mol. The summed E-state index contributed by atoms with van der Waals surface area (Å²) in [7, 11) is -4.26. The van der Waals surface area contributed by atoms with Gasteiger partial charge in [-0.05, 0) is 17.7 Å². The lowest BCUT2D eigenvalue weighted by atomic mass is 10.2. The Bertz CT molecular complexity index is 334. The van der Waals surface area contributed by atoms with Gasteiger partial charge in [0.15, 0.2) is 0 Å². The van der Waals surface area contributed by atoms with Gasteiger partial charge in [0, 0.05) is 5.02 Å². The van der Waals surface area contributed by atoms with E-state index >= 15 is 0 Å². The summed E-state index contributed by atoms with van der Waals surface area (Å²) in [5.41, 5.74) is 5.69. The summed E-state index contributed by atoms with van der Waals surface area (Å²) in [6.45, 7) is 0. The summed E-state index contributed by atoms with van der Waals surface area (Å²) < 4.78 is 10.8. The summed E-state index contributed by atoms with van der Waals surface area (Å²) >= 11 is 5.60. The topological polar surface area (TPSA) is 83.6 Å². The van der Waals surface area contributed by atoms with Crippen LogP contribution < -0.4 is 5.73 Å². The van der Waals surface area contributed by atoms with Crippen LogP contribution in [0.5, 0.6) is 0 Å². The van der Waals surface area contributed by atoms with Crippen LogP contribution in [0.15, 0.2) is 24.3 Å². The molecule has 0 aliphatic rings. The monoisotopic (exact) mass is 221 g/mol. The van der Waals surface area contributed by atoms with Gasteiger partial charge in [-0.1, -0.05) is 23.7 Å². The Morgan fingerprint density at radius 3 is 2.15 bits per heavy atom. The summed E-state index contributed by atoms with van der Waals surface area (Å²) in [5.74, 6) is -1.27. The molecule has 0 aliphatic carbocycles. The van der Waals surface area contributed by atoms with Crippen LogP contribution in [0.2, 0.25) is 5.02 Å². The zero-order valence-corrected chi connectivity index (χ0v) is 8.24. The van der Waals surface area contributed by atoms with Crippen LogP contribution in [0.1, 0.15) is 11.3 Å². The van der Waals surface area contributed by atoms with E-state index < -0.39 is 13.4 Å². The van der Waals surface area contributed by atoms with E-state index in [1.54, 1.807) is 0 Å². The maximum atomic E-state index is 10.8. The summed E-state index contributed by atoms with van der Waals surface area (Å²) in [4.78, 5) is 17.5. The van der Waals surface area contributed by atoms with Crippen molar-refractivity contribution in [2.45, 2.75) is 5.78 Å². The molecule has 0 unspecified atom stereocenters. The molecule has 0 heterocycles. The zero-order valence-electron chi connectivity index (χ0n) is 6.59. The smallest absolute Gasteiger partial charge is 0.323 e. The van der Waals surface area contributed by atoms with Gasteiger partial charge < -0.3 is 15.5 Å². The fourth-order valence-electron chi connectivity index (χ4n) is 0.854.